The number of hydrogen-bond acceptors (Lipinski definition) is 6. The number of hydrogen-bond donors (Lipinski definition) is 1. The highest BCUT2D eigenvalue weighted by atomic mass is 16.6. The fourth-order valence-corrected chi connectivity index (χ4v) is 1.85. The summed E-state index contributed by atoms with van der Waals surface area (Å²) < 4.78 is 21.4. The summed E-state index contributed by atoms with van der Waals surface area (Å²) in [4.78, 5) is 0. The molecule has 0 unspecified atom stereocenters. The topological polar surface area (TPSA) is 79.7 Å². The third-order valence-corrected chi connectivity index (χ3v) is 2.66. The van der Waals surface area contributed by atoms with Crippen LogP contribution in [0.1, 0.15) is 0 Å². The summed E-state index contributed by atoms with van der Waals surface area (Å²) in [5.41, 5.74) is 6.27. The molecule has 2 aromatic rings. The van der Waals surface area contributed by atoms with Gasteiger partial charge in [0.15, 0.2) is 23.1 Å². The highest BCUT2D eigenvalue weighted by Crippen LogP contribution is 2.41. The van der Waals surface area contributed by atoms with Crippen LogP contribution in [0.15, 0.2) is 22.7 Å². The smallest absolute Gasteiger partial charge is 0.172 e. The van der Waals surface area contributed by atoms with Crippen LogP contribution in [0.3, 0.4) is 0 Å². The van der Waals surface area contributed by atoms with Gasteiger partial charge in [0.1, 0.15) is 19.0 Å². The highest BCUT2D eigenvalue weighted by Gasteiger charge is 2.19. The van der Waals surface area contributed by atoms with E-state index in [0.29, 0.717) is 42.0 Å². The number of rotatable bonds is 2. The number of aromatic nitrogens is 1. The van der Waals surface area contributed by atoms with E-state index in [1.807, 2.05) is 0 Å². The molecule has 3 rings (SSSR count). The fourth-order valence-electron chi connectivity index (χ4n) is 1.85. The molecule has 1 aromatic heterocycles. The summed E-state index contributed by atoms with van der Waals surface area (Å²) in [7, 11) is 1.58. The first-order valence-corrected chi connectivity index (χ1v) is 5.48. The Morgan fingerprint density at radius 3 is 2.50 bits per heavy atom. The normalized spacial score (nSPS) is 13.4. The van der Waals surface area contributed by atoms with Crippen LogP contribution < -0.4 is 19.9 Å². The van der Waals surface area contributed by atoms with E-state index in [-0.39, 0.29) is 0 Å². The van der Waals surface area contributed by atoms with Gasteiger partial charge in [-0.2, -0.15) is 0 Å². The maximum absolute atomic E-state index is 5.54. The molecule has 6 nitrogen and oxygen atoms in total. The van der Waals surface area contributed by atoms with Crippen molar-refractivity contribution in [1.29, 1.82) is 0 Å². The molecule has 0 radical (unpaired) electrons. The molecule has 94 valence electrons. The predicted octanol–water partition coefficient (Wildman–Crippen LogP) is 1.70. The number of fused-ring (bicyclic) bond motifs is 1. The van der Waals surface area contributed by atoms with Crippen molar-refractivity contribution >= 4 is 5.82 Å². The van der Waals surface area contributed by atoms with E-state index in [9.17, 15) is 0 Å². The molecular formula is C12H12N2O4. The Balaban J connectivity index is 2.12. The molecule has 18 heavy (non-hydrogen) atoms. The summed E-state index contributed by atoms with van der Waals surface area (Å²) >= 11 is 0. The Kier molecular flexibility index (Phi) is 2.47. The minimum absolute atomic E-state index is 0.321. The molecule has 0 amide bonds. The van der Waals surface area contributed by atoms with Gasteiger partial charge in [0, 0.05) is 12.1 Å². The lowest BCUT2D eigenvalue weighted by Crippen LogP contribution is -2.15. The lowest BCUT2D eigenvalue weighted by molar-refractivity contribution is 0.171. The first kappa shape index (κ1) is 10.8. The number of nitrogen functional groups attached to an aromatic ring is 1. The van der Waals surface area contributed by atoms with Gasteiger partial charge in [-0.25, -0.2) is 0 Å². The van der Waals surface area contributed by atoms with Crippen molar-refractivity contribution in [2.75, 3.05) is 26.1 Å². The molecule has 0 atom stereocenters. The van der Waals surface area contributed by atoms with E-state index in [1.54, 1.807) is 25.3 Å². The first-order chi connectivity index (χ1) is 8.78. The van der Waals surface area contributed by atoms with Crippen LogP contribution in [-0.4, -0.2) is 25.5 Å². The molecule has 0 aliphatic carbocycles. The molecule has 1 aliphatic heterocycles. The number of ether oxygens (including phenoxy) is 3. The van der Waals surface area contributed by atoms with E-state index in [2.05, 4.69) is 5.16 Å². The van der Waals surface area contributed by atoms with Crippen LogP contribution in [0.4, 0.5) is 5.82 Å². The second-order valence-electron chi connectivity index (χ2n) is 3.81. The quantitative estimate of drug-likeness (QED) is 0.871. The SMILES string of the molecule is COc1cc2c(cc1-c1cc(N)no1)OCCO2. The van der Waals surface area contributed by atoms with Crippen molar-refractivity contribution < 1.29 is 18.7 Å². The molecule has 2 N–H and O–H groups in total. The van der Waals surface area contributed by atoms with Crippen LogP contribution in [0.5, 0.6) is 17.2 Å². The highest BCUT2D eigenvalue weighted by molar-refractivity contribution is 5.72. The fraction of sp³-hybridized carbons (Fsp3) is 0.250. The number of methoxy groups -OCH3 is 1. The summed E-state index contributed by atoms with van der Waals surface area (Å²) in [6, 6.07) is 5.20. The van der Waals surface area contributed by atoms with Crippen molar-refractivity contribution in [3.05, 3.63) is 18.2 Å². The van der Waals surface area contributed by atoms with E-state index < -0.39 is 0 Å². The average Bonchev–Trinajstić information content (AvgIpc) is 2.83. The first-order valence-electron chi connectivity index (χ1n) is 5.48. The number of nitrogens with zero attached hydrogens (tertiary/aromatic N) is 1. The van der Waals surface area contributed by atoms with Crippen molar-refractivity contribution in [3.8, 4) is 28.6 Å². The van der Waals surface area contributed by atoms with Crippen molar-refractivity contribution in [2.45, 2.75) is 0 Å². The Hall–Kier alpha value is -2.37. The standard InChI is InChI=1S/C12H12N2O4/c1-15-8-5-11-10(16-2-3-17-11)4-7(8)9-6-12(13)14-18-9/h4-6H,2-3H2,1H3,(H2,13,14). The van der Waals surface area contributed by atoms with Gasteiger partial charge < -0.3 is 24.5 Å². The van der Waals surface area contributed by atoms with E-state index in [0.717, 1.165) is 5.56 Å². The zero-order valence-electron chi connectivity index (χ0n) is 9.80. The molecule has 1 aromatic carbocycles. The maximum Gasteiger partial charge on any atom is 0.172 e. The summed E-state index contributed by atoms with van der Waals surface area (Å²) in [5.74, 6) is 2.79. The van der Waals surface area contributed by atoms with E-state index >= 15 is 0 Å². The minimum atomic E-state index is 0.321. The van der Waals surface area contributed by atoms with Gasteiger partial charge in [-0.1, -0.05) is 5.16 Å². The molecule has 6 heteroatoms. The Morgan fingerprint density at radius 1 is 1.17 bits per heavy atom. The predicted molar refractivity (Wildman–Crippen MR) is 63.9 cm³/mol. The van der Waals surface area contributed by atoms with Gasteiger partial charge in [-0.3, -0.25) is 0 Å². The number of nitrogens with two attached hydrogens (primary N) is 1. The van der Waals surface area contributed by atoms with Gasteiger partial charge in [0.25, 0.3) is 0 Å². The molecule has 0 spiro atoms. The van der Waals surface area contributed by atoms with E-state index in [1.165, 1.54) is 0 Å². The van der Waals surface area contributed by atoms with Gasteiger partial charge in [-0.05, 0) is 6.07 Å². The van der Waals surface area contributed by atoms with Crippen LogP contribution in [0, 0.1) is 0 Å². The summed E-state index contributed by atoms with van der Waals surface area (Å²) in [6.07, 6.45) is 0. The van der Waals surface area contributed by atoms with Crippen LogP contribution in [0.25, 0.3) is 11.3 Å². The third kappa shape index (κ3) is 1.71. The minimum Gasteiger partial charge on any atom is -0.496 e. The van der Waals surface area contributed by atoms with Crippen LogP contribution >= 0.6 is 0 Å². The molecule has 1 aliphatic rings. The molecular weight excluding hydrogens is 236 g/mol. The van der Waals surface area contributed by atoms with Gasteiger partial charge in [0.2, 0.25) is 0 Å². The van der Waals surface area contributed by atoms with Crippen molar-refractivity contribution in [2.24, 2.45) is 0 Å². The Morgan fingerprint density at radius 2 is 1.89 bits per heavy atom. The number of benzene rings is 1. The van der Waals surface area contributed by atoms with Crippen molar-refractivity contribution in [1.82, 2.24) is 5.16 Å². The molecule has 0 saturated carbocycles. The molecule has 2 heterocycles. The van der Waals surface area contributed by atoms with Crippen LogP contribution in [-0.2, 0) is 0 Å². The molecule has 0 bridgehead atoms. The van der Waals surface area contributed by atoms with Gasteiger partial charge in [-0.15, -0.1) is 0 Å². The average molecular weight is 248 g/mol. The molecule has 0 saturated heterocycles. The second-order valence-corrected chi connectivity index (χ2v) is 3.81. The lowest BCUT2D eigenvalue weighted by Gasteiger charge is -2.20. The van der Waals surface area contributed by atoms with Crippen LogP contribution in [0.2, 0.25) is 0 Å². The maximum atomic E-state index is 5.54. The Labute approximate surface area is 103 Å². The summed E-state index contributed by atoms with van der Waals surface area (Å²) in [5, 5.41) is 3.66. The summed E-state index contributed by atoms with van der Waals surface area (Å²) in [6.45, 7) is 1.06. The zero-order chi connectivity index (χ0) is 12.5. The number of anilines is 1. The van der Waals surface area contributed by atoms with Crippen molar-refractivity contribution in [3.63, 3.8) is 0 Å². The Bertz CT molecular complexity index is 579. The van der Waals surface area contributed by atoms with Gasteiger partial charge >= 0.3 is 0 Å². The zero-order valence-corrected chi connectivity index (χ0v) is 9.80. The second kappa shape index (κ2) is 4.14. The van der Waals surface area contributed by atoms with Gasteiger partial charge in [0.05, 0.1) is 12.7 Å². The largest absolute Gasteiger partial charge is 0.496 e. The monoisotopic (exact) mass is 248 g/mol. The third-order valence-electron chi connectivity index (χ3n) is 2.66. The molecule has 0 fully saturated rings. The lowest BCUT2D eigenvalue weighted by atomic mass is 10.1. The van der Waals surface area contributed by atoms with E-state index in [4.69, 9.17) is 24.5 Å².